The van der Waals surface area contributed by atoms with E-state index in [0.29, 0.717) is 28.4 Å². The lowest BCUT2D eigenvalue weighted by Crippen LogP contribution is -2.11. The molecule has 2 rings (SSSR count). The molecule has 0 N–H and O–H groups in total. The molecule has 0 saturated carbocycles. The van der Waals surface area contributed by atoms with Crippen molar-refractivity contribution in [3.05, 3.63) is 95.8 Å². The number of methoxy groups -OCH3 is 1. The van der Waals surface area contributed by atoms with E-state index >= 15 is 0 Å². The summed E-state index contributed by atoms with van der Waals surface area (Å²) in [4.78, 5) is 12.8. The van der Waals surface area contributed by atoms with Crippen molar-refractivity contribution in [2.45, 2.75) is 33.1 Å². The fourth-order valence-corrected chi connectivity index (χ4v) is 2.64. The second kappa shape index (κ2) is 9.23. The van der Waals surface area contributed by atoms with Gasteiger partial charge in [-0.2, -0.15) is 0 Å². The molecule has 3 heteroatoms. The number of carbonyl (C=O) groups excluding carboxylic acids is 1. The number of ketones is 1. The fourth-order valence-electron chi connectivity index (χ4n) is 2.64. The maximum Gasteiger partial charge on any atom is 0.193 e. The molecule has 2 aromatic rings. The van der Waals surface area contributed by atoms with Gasteiger partial charge in [0, 0.05) is 11.1 Å². The summed E-state index contributed by atoms with van der Waals surface area (Å²) in [5.41, 5.74) is 2.38. The molecule has 0 atom stereocenters. The van der Waals surface area contributed by atoms with Gasteiger partial charge in [-0.25, -0.2) is 0 Å². The van der Waals surface area contributed by atoms with Gasteiger partial charge in [-0.15, -0.1) is 0 Å². The van der Waals surface area contributed by atoms with E-state index in [4.69, 9.17) is 9.47 Å². The molecular formula is C25H28O3. The number of para-hydroxylation sites is 2. The van der Waals surface area contributed by atoms with Crippen molar-refractivity contribution in [3.63, 3.8) is 0 Å². The summed E-state index contributed by atoms with van der Waals surface area (Å²) in [6.07, 6.45) is 5.04. The van der Waals surface area contributed by atoms with Crippen LogP contribution in [0, 0.1) is 0 Å². The quantitative estimate of drug-likeness (QED) is 0.247. The molecule has 2 aromatic carbocycles. The predicted molar refractivity (Wildman–Crippen MR) is 115 cm³/mol. The highest BCUT2D eigenvalue weighted by atomic mass is 16.5. The van der Waals surface area contributed by atoms with Crippen molar-refractivity contribution in [2.75, 3.05) is 7.11 Å². The number of Topliss-reactive ketones (excluding diaryl/α,β-unsaturated/α-hetero) is 1. The van der Waals surface area contributed by atoms with Crippen molar-refractivity contribution >= 4 is 5.78 Å². The zero-order chi connectivity index (χ0) is 20.7. The van der Waals surface area contributed by atoms with Gasteiger partial charge < -0.3 is 9.47 Å². The Morgan fingerprint density at radius 1 is 0.964 bits per heavy atom. The Hall–Kier alpha value is -3.07. The van der Waals surface area contributed by atoms with Crippen LogP contribution in [0.5, 0.6) is 11.5 Å². The summed E-state index contributed by atoms with van der Waals surface area (Å²) in [6, 6.07) is 15.1. The summed E-state index contributed by atoms with van der Waals surface area (Å²) in [7, 11) is 1.60. The zero-order valence-corrected chi connectivity index (χ0v) is 17.3. The van der Waals surface area contributed by atoms with Crippen LogP contribution in [0.25, 0.3) is 0 Å². The number of allylic oxidation sites excluding steroid dienone is 5. The second-order valence-electron chi connectivity index (χ2n) is 7.51. The minimum atomic E-state index is -0.0724. The van der Waals surface area contributed by atoms with Gasteiger partial charge in [0.25, 0.3) is 0 Å². The van der Waals surface area contributed by atoms with E-state index in [2.05, 4.69) is 27.4 Å². The first-order valence-electron chi connectivity index (χ1n) is 9.23. The zero-order valence-electron chi connectivity index (χ0n) is 17.3. The van der Waals surface area contributed by atoms with Crippen molar-refractivity contribution in [1.29, 1.82) is 0 Å². The van der Waals surface area contributed by atoms with Gasteiger partial charge in [-0.05, 0) is 42.2 Å². The topological polar surface area (TPSA) is 35.5 Å². The summed E-state index contributed by atoms with van der Waals surface area (Å²) < 4.78 is 11.1. The number of benzene rings is 2. The molecule has 146 valence electrons. The third-order valence-electron chi connectivity index (χ3n) is 4.33. The number of carbonyl (C=O) groups is 1. The minimum Gasteiger partial charge on any atom is -0.493 e. The lowest BCUT2D eigenvalue weighted by molar-refractivity contribution is 0.103. The molecule has 0 aliphatic heterocycles. The van der Waals surface area contributed by atoms with E-state index in [1.807, 2.05) is 55.5 Å². The summed E-state index contributed by atoms with van der Waals surface area (Å²) in [6.45, 7) is 12.0. The average Bonchev–Trinajstić information content (AvgIpc) is 2.68. The fraction of sp³-hybridized carbons (Fsp3) is 0.240. The monoisotopic (exact) mass is 376 g/mol. The van der Waals surface area contributed by atoms with Crippen LogP contribution in [0.1, 0.15) is 43.6 Å². The Morgan fingerprint density at radius 3 is 2.11 bits per heavy atom. The van der Waals surface area contributed by atoms with Crippen molar-refractivity contribution in [2.24, 2.45) is 0 Å². The van der Waals surface area contributed by atoms with Crippen LogP contribution in [0.2, 0.25) is 0 Å². The van der Waals surface area contributed by atoms with E-state index in [9.17, 15) is 4.79 Å². The third-order valence-corrected chi connectivity index (χ3v) is 4.33. The molecule has 28 heavy (non-hydrogen) atoms. The van der Waals surface area contributed by atoms with E-state index in [1.165, 1.54) is 5.56 Å². The highest BCUT2D eigenvalue weighted by Crippen LogP contribution is 2.27. The maximum atomic E-state index is 12.8. The van der Waals surface area contributed by atoms with Gasteiger partial charge in [0.05, 0.1) is 7.11 Å². The van der Waals surface area contributed by atoms with Gasteiger partial charge in [0.15, 0.2) is 17.3 Å². The van der Waals surface area contributed by atoms with Crippen molar-refractivity contribution in [1.82, 2.24) is 0 Å². The van der Waals surface area contributed by atoms with Crippen LogP contribution in [-0.2, 0) is 5.41 Å². The lowest BCUT2D eigenvalue weighted by atomic mass is 9.86. The highest BCUT2D eigenvalue weighted by molar-refractivity contribution is 6.10. The van der Waals surface area contributed by atoms with Gasteiger partial charge in [-0.3, -0.25) is 4.79 Å². The first-order chi connectivity index (χ1) is 13.3. The Morgan fingerprint density at radius 2 is 1.57 bits per heavy atom. The first kappa shape index (κ1) is 21.2. The van der Waals surface area contributed by atoms with Gasteiger partial charge >= 0.3 is 0 Å². The summed E-state index contributed by atoms with van der Waals surface area (Å²) in [5, 5.41) is 0. The van der Waals surface area contributed by atoms with Crippen LogP contribution >= 0.6 is 0 Å². The number of hydrogen-bond acceptors (Lipinski definition) is 3. The van der Waals surface area contributed by atoms with Crippen LogP contribution < -0.4 is 9.47 Å². The average molecular weight is 376 g/mol. The Balaban J connectivity index is 2.19. The Labute approximate surface area is 168 Å². The van der Waals surface area contributed by atoms with Crippen molar-refractivity contribution in [3.8, 4) is 11.5 Å². The molecule has 0 radical (unpaired) electrons. The van der Waals surface area contributed by atoms with Crippen LogP contribution in [0.3, 0.4) is 0 Å². The molecule has 0 amide bonds. The normalized spacial score (nSPS) is 12.5. The second-order valence-corrected chi connectivity index (χ2v) is 7.51. The summed E-state index contributed by atoms with van der Waals surface area (Å²) in [5.74, 6) is 1.84. The molecular weight excluding hydrogens is 348 g/mol. The number of ether oxygens (including phenoxy) is 2. The molecule has 0 aliphatic carbocycles. The third kappa shape index (κ3) is 5.46. The number of rotatable bonds is 7. The molecule has 0 fully saturated rings. The van der Waals surface area contributed by atoms with E-state index in [-0.39, 0.29) is 11.2 Å². The predicted octanol–water partition coefficient (Wildman–Crippen LogP) is 6.27. The minimum absolute atomic E-state index is 0.0500. The SMILES string of the molecule is C=C/C(=C\C=C(/C)Oc1ccccc1OC)C(=O)c1ccc(C(C)(C)C)cc1. The molecule has 0 spiro atoms. The van der Waals surface area contributed by atoms with Gasteiger partial charge in [0.1, 0.15) is 5.76 Å². The van der Waals surface area contributed by atoms with E-state index in [0.717, 1.165) is 0 Å². The van der Waals surface area contributed by atoms with Gasteiger partial charge in [0.2, 0.25) is 0 Å². The molecule has 0 bridgehead atoms. The molecule has 0 saturated heterocycles. The molecule has 0 aromatic heterocycles. The molecule has 3 nitrogen and oxygen atoms in total. The van der Waals surface area contributed by atoms with Crippen molar-refractivity contribution < 1.29 is 14.3 Å². The van der Waals surface area contributed by atoms with E-state index in [1.54, 1.807) is 25.3 Å². The van der Waals surface area contributed by atoms with E-state index < -0.39 is 0 Å². The molecule has 0 unspecified atom stereocenters. The lowest BCUT2D eigenvalue weighted by Gasteiger charge is -2.19. The first-order valence-corrected chi connectivity index (χ1v) is 9.23. The maximum absolute atomic E-state index is 12.8. The Bertz CT molecular complexity index is 894. The van der Waals surface area contributed by atoms with Gasteiger partial charge in [-0.1, -0.05) is 69.8 Å². The molecule has 0 heterocycles. The smallest absolute Gasteiger partial charge is 0.193 e. The largest absolute Gasteiger partial charge is 0.493 e. The highest BCUT2D eigenvalue weighted by Gasteiger charge is 2.15. The Kier molecular flexibility index (Phi) is 7.00. The van der Waals surface area contributed by atoms with Crippen LogP contribution in [-0.4, -0.2) is 12.9 Å². The standard InChI is InChI=1S/C25H28O3/c1-7-19(24(26)20-14-16-21(17-15-20)25(3,4)5)13-12-18(2)28-23-11-9-8-10-22(23)27-6/h7-17H,1H2,2-6H3/b18-12+,19-13+. The number of hydrogen-bond donors (Lipinski definition) is 0. The van der Waals surface area contributed by atoms with Crippen LogP contribution in [0.4, 0.5) is 0 Å². The van der Waals surface area contributed by atoms with Crippen LogP contribution in [0.15, 0.2) is 84.7 Å². The molecule has 0 aliphatic rings. The summed E-state index contributed by atoms with van der Waals surface area (Å²) >= 11 is 0.